The molecular formula is C13H22N2O3. The molecular weight excluding hydrogens is 232 g/mol. The van der Waals surface area contributed by atoms with Gasteiger partial charge in [-0.05, 0) is 31.6 Å². The van der Waals surface area contributed by atoms with Gasteiger partial charge in [-0.2, -0.15) is 0 Å². The number of nitrogens with zero attached hydrogens (tertiary/aromatic N) is 1. The minimum Gasteiger partial charge on any atom is -0.396 e. The summed E-state index contributed by atoms with van der Waals surface area (Å²) < 4.78 is 4.85. The molecule has 5 heteroatoms. The molecule has 5 nitrogen and oxygen atoms in total. The standard InChI is InChI=1S/C13H22N2O3/c1-9(2)6-11(4-5-16)8-14-13(17)12-7-10(3)18-15-12/h7,9,11,16H,4-6,8H2,1-3H3,(H,14,17). The second-order valence-corrected chi connectivity index (χ2v) is 5.04. The molecule has 1 heterocycles. The first-order valence-electron chi connectivity index (χ1n) is 6.35. The summed E-state index contributed by atoms with van der Waals surface area (Å²) in [6, 6.07) is 1.61. The van der Waals surface area contributed by atoms with Crippen LogP contribution in [0, 0.1) is 18.8 Å². The third-order valence-electron chi connectivity index (χ3n) is 2.75. The molecule has 0 saturated carbocycles. The smallest absolute Gasteiger partial charge is 0.273 e. The topological polar surface area (TPSA) is 75.4 Å². The molecule has 1 unspecified atom stereocenters. The van der Waals surface area contributed by atoms with Gasteiger partial charge in [0.25, 0.3) is 5.91 Å². The third-order valence-corrected chi connectivity index (χ3v) is 2.75. The van der Waals surface area contributed by atoms with E-state index in [9.17, 15) is 4.79 Å². The number of carbonyl (C=O) groups is 1. The summed E-state index contributed by atoms with van der Waals surface area (Å²) in [6.07, 6.45) is 1.69. The monoisotopic (exact) mass is 254 g/mol. The molecule has 0 saturated heterocycles. The fraction of sp³-hybridized carbons (Fsp3) is 0.692. The quantitative estimate of drug-likeness (QED) is 0.777. The molecule has 0 aliphatic rings. The number of amides is 1. The van der Waals surface area contributed by atoms with E-state index < -0.39 is 0 Å². The Kier molecular flexibility index (Phi) is 5.85. The van der Waals surface area contributed by atoms with Crippen LogP contribution in [0.15, 0.2) is 10.6 Å². The zero-order valence-electron chi connectivity index (χ0n) is 11.3. The van der Waals surface area contributed by atoms with E-state index >= 15 is 0 Å². The Morgan fingerprint density at radius 3 is 2.78 bits per heavy atom. The number of nitrogens with one attached hydrogen (secondary N) is 1. The summed E-state index contributed by atoms with van der Waals surface area (Å²) in [5.41, 5.74) is 0.305. The Morgan fingerprint density at radius 2 is 2.28 bits per heavy atom. The average Bonchev–Trinajstić information content (AvgIpc) is 2.72. The maximum Gasteiger partial charge on any atom is 0.273 e. The van der Waals surface area contributed by atoms with Crippen LogP contribution in [0.5, 0.6) is 0 Å². The van der Waals surface area contributed by atoms with Crippen LogP contribution < -0.4 is 5.32 Å². The van der Waals surface area contributed by atoms with Crippen LogP contribution in [0.1, 0.15) is 42.9 Å². The number of aryl methyl sites for hydroxylation is 1. The summed E-state index contributed by atoms with van der Waals surface area (Å²) in [5.74, 6) is 1.24. The summed E-state index contributed by atoms with van der Waals surface area (Å²) in [7, 11) is 0. The summed E-state index contributed by atoms with van der Waals surface area (Å²) >= 11 is 0. The summed E-state index contributed by atoms with van der Waals surface area (Å²) in [4.78, 5) is 11.8. The van der Waals surface area contributed by atoms with Gasteiger partial charge in [0.2, 0.25) is 0 Å². The van der Waals surface area contributed by atoms with Crippen molar-refractivity contribution in [1.82, 2.24) is 10.5 Å². The van der Waals surface area contributed by atoms with Crippen LogP contribution in [0.25, 0.3) is 0 Å². The zero-order chi connectivity index (χ0) is 13.5. The largest absolute Gasteiger partial charge is 0.396 e. The fourth-order valence-electron chi connectivity index (χ4n) is 1.95. The first kappa shape index (κ1) is 14.7. The van der Waals surface area contributed by atoms with Crippen molar-refractivity contribution in [3.8, 4) is 0 Å². The highest BCUT2D eigenvalue weighted by atomic mass is 16.5. The van der Waals surface area contributed by atoms with Gasteiger partial charge >= 0.3 is 0 Å². The van der Waals surface area contributed by atoms with Crippen molar-refractivity contribution >= 4 is 5.91 Å². The number of aliphatic hydroxyl groups is 1. The maximum absolute atomic E-state index is 11.8. The second-order valence-electron chi connectivity index (χ2n) is 5.04. The van der Waals surface area contributed by atoms with Crippen molar-refractivity contribution in [3.05, 3.63) is 17.5 Å². The highest BCUT2D eigenvalue weighted by molar-refractivity contribution is 5.92. The minimum absolute atomic E-state index is 0.149. The number of hydrogen-bond acceptors (Lipinski definition) is 4. The van der Waals surface area contributed by atoms with Crippen molar-refractivity contribution in [2.45, 2.75) is 33.6 Å². The van der Waals surface area contributed by atoms with Gasteiger partial charge in [-0.15, -0.1) is 0 Å². The molecule has 18 heavy (non-hydrogen) atoms. The highest BCUT2D eigenvalue weighted by Gasteiger charge is 2.15. The number of aliphatic hydroxyl groups excluding tert-OH is 1. The molecule has 102 valence electrons. The van der Waals surface area contributed by atoms with E-state index in [4.69, 9.17) is 9.63 Å². The molecule has 2 N–H and O–H groups in total. The number of carbonyl (C=O) groups excluding carboxylic acids is 1. The van der Waals surface area contributed by atoms with Crippen LogP contribution in [-0.4, -0.2) is 29.3 Å². The van der Waals surface area contributed by atoms with Crippen molar-refractivity contribution in [2.24, 2.45) is 11.8 Å². The molecule has 1 rings (SSSR count). The molecule has 1 atom stereocenters. The van der Waals surface area contributed by atoms with Crippen LogP contribution in [-0.2, 0) is 0 Å². The molecule has 0 bridgehead atoms. The van der Waals surface area contributed by atoms with E-state index in [-0.39, 0.29) is 12.5 Å². The van der Waals surface area contributed by atoms with Gasteiger partial charge in [-0.3, -0.25) is 4.79 Å². The molecule has 0 radical (unpaired) electrons. The van der Waals surface area contributed by atoms with Crippen LogP contribution in [0.4, 0.5) is 0 Å². The first-order valence-corrected chi connectivity index (χ1v) is 6.35. The Labute approximate surface area is 108 Å². The number of hydrogen-bond donors (Lipinski definition) is 2. The number of rotatable bonds is 7. The normalized spacial score (nSPS) is 12.7. The maximum atomic E-state index is 11.8. The Balaban J connectivity index is 2.43. The lowest BCUT2D eigenvalue weighted by Crippen LogP contribution is -2.30. The Bertz CT molecular complexity index is 374. The SMILES string of the molecule is Cc1cc(C(=O)NCC(CCO)CC(C)C)no1. The second kappa shape index (κ2) is 7.16. The van der Waals surface area contributed by atoms with Crippen molar-refractivity contribution in [2.75, 3.05) is 13.2 Å². The lowest BCUT2D eigenvalue weighted by molar-refractivity contribution is 0.0932. The average molecular weight is 254 g/mol. The summed E-state index contributed by atoms with van der Waals surface area (Å²) in [5, 5.41) is 15.5. The predicted octanol–water partition coefficient (Wildman–Crippen LogP) is 1.76. The van der Waals surface area contributed by atoms with E-state index in [1.165, 1.54) is 0 Å². The van der Waals surface area contributed by atoms with E-state index in [0.717, 1.165) is 6.42 Å². The fourth-order valence-corrected chi connectivity index (χ4v) is 1.95. The van der Waals surface area contributed by atoms with Gasteiger partial charge in [0.15, 0.2) is 5.69 Å². The summed E-state index contributed by atoms with van der Waals surface area (Å²) in [6.45, 7) is 6.72. The number of aromatic nitrogens is 1. The zero-order valence-corrected chi connectivity index (χ0v) is 11.3. The molecule has 1 aromatic rings. The lowest BCUT2D eigenvalue weighted by Gasteiger charge is -2.18. The molecule has 0 fully saturated rings. The van der Waals surface area contributed by atoms with Crippen molar-refractivity contribution in [3.63, 3.8) is 0 Å². The van der Waals surface area contributed by atoms with Gasteiger partial charge in [0.1, 0.15) is 5.76 Å². The van der Waals surface area contributed by atoms with Gasteiger partial charge in [-0.1, -0.05) is 19.0 Å². The van der Waals surface area contributed by atoms with Crippen LogP contribution in [0.3, 0.4) is 0 Å². The highest BCUT2D eigenvalue weighted by Crippen LogP contribution is 2.14. The first-order chi connectivity index (χ1) is 8.52. The third kappa shape index (κ3) is 4.87. The van der Waals surface area contributed by atoms with Crippen molar-refractivity contribution < 1.29 is 14.4 Å². The molecule has 1 amide bonds. The van der Waals surface area contributed by atoms with E-state index in [0.29, 0.717) is 36.3 Å². The minimum atomic E-state index is -0.224. The molecule has 0 spiro atoms. The van der Waals surface area contributed by atoms with E-state index in [1.807, 2.05) is 0 Å². The van der Waals surface area contributed by atoms with Gasteiger partial charge in [-0.25, -0.2) is 0 Å². The van der Waals surface area contributed by atoms with Crippen molar-refractivity contribution in [1.29, 1.82) is 0 Å². The van der Waals surface area contributed by atoms with Gasteiger partial charge in [0.05, 0.1) is 0 Å². The van der Waals surface area contributed by atoms with E-state index in [1.54, 1.807) is 13.0 Å². The predicted molar refractivity (Wildman–Crippen MR) is 68.2 cm³/mol. The van der Waals surface area contributed by atoms with Gasteiger partial charge in [0, 0.05) is 19.2 Å². The van der Waals surface area contributed by atoms with Gasteiger partial charge < -0.3 is 14.9 Å². The Morgan fingerprint density at radius 1 is 1.56 bits per heavy atom. The molecule has 0 aliphatic carbocycles. The molecule has 0 aromatic carbocycles. The molecule has 0 aliphatic heterocycles. The van der Waals surface area contributed by atoms with E-state index in [2.05, 4.69) is 24.3 Å². The van der Waals surface area contributed by atoms with Crippen LogP contribution in [0.2, 0.25) is 0 Å². The lowest BCUT2D eigenvalue weighted by atomic mass is 9.94. The Hall–Kier alpha value is -1.36. The molecule has 1 aromatic heterocycles. The van der Waals surface area contributed by atoms with Crippen LogP contribution >= 0.6 is 0 Å².